The van der Waals surface area contributed by atoms with Gasteiger partial charge < -0.3 is 9.88 Å². The molecule has 6 heteroatoms. The van der Waals surface area contributed by atoms with Gasteiger partial charge in [-0.1, -0.05) is 54.1 Å². The maximum atomic E-state index is 13.0. The molecule has 2 heterocycles. The number of carbonyl (C=O) groups excluding carboxylic acids is 1. The lowest BCUT2D eigenvalue weighted by molar-refractivity contribution is 0.0946. The zero-order valence-electron chi connectivity index (χ0n) is 16.0. The van der Waals surface area contributed by atoms with E-state index in [9.17, 15) is 4.79 Å². The molecule has 4 rings (SSSR count). The third-order valence-electron chi connectivity index (χ3n) is 4.77. The van der Waals surface area contributed by atoms with Crippen LogP contribution in [0.2, 0.25) is 5.02 Å². The number of amides is 1. The third-order valence-corrected chi connectivity index (χ3v) is 5.09. The van der Waals surface area contributed by atoms with Crippen molar-refractivity contribution in [2.75, 3.05) is 6.54 Å². The van der Waals surface area contributed by atoms with Crippen LogP contribution in [0.1, 0.15) is 16.1 Å². The van der Waals surface area contributed by atoms with Crippen LogP contribution in [0.5, 0.6) is 0 Å². The number of nitrogens with one attached hydrogen (secondary N) is 1. The molecular formula is C23H21ClN4O. The number of hydrogen-bond donors (Lipinski definition) is 1. The number of rotatable bonds is 6. The van der Waals surface area contributed by atoms with E-state index in [1.165, 1.54) is 5.56 Å². The van der Waals surface area contributed by atoms with Gasteiger partial charge in [-0.05, 0) is 42.3 Å². The first-order chi connectivity index (χ1) is 14.1. The Labute approximate surface area is 174 Å². The van der Waals surface area contributed by atoms with E-state index >= 15 is 0 Å². The maximum absolute atomic E-state index is 13.0. The van der Waals surface area contributed by atoms with Gasteiger partial charge in [0.1, 0.15) is 11.4 Å². The molecule has 2 aromatic heterocycles. The van der Waals surface area contributed by atoms with Gasteiger partial charge in [0.25, 0.3) is 5.91 Å². The Kier molecular flexibility index (Phi) is 5.49. The van der Waals surface area contributed by atoms with Crippen molar-refractivity contribution in [2.24, 2.45) is 7.05 Å². The third kappa shape index (κ3) is 4.10. The second-order valence-electron chi connectivity index (χ2n) is 6.77. The molecule has 5 nitrogen and oxygen atoms in total. The Balaban J connectivity index is 1.64. The van der Waals surface area contributed by atoms with E-state index in [0.717, 1.165) is 12.1 Å². The number of halogens is 1. The average molecular weight is 405 g/mol. The van der Waals surface area contributed by atoms with Crippen molar-refractivity contribution in [1.29, 1.82) is 0 Å². The smallest absolute Gasteiger partial charge is 0.270 e. The van der Waals surface area contributed by atoms with Crippen molar-refractivity contribution >= 4 is 17.5 Å². The molecule has 0 atom stereocenters. The Morgan fingerprint density at radius 3 is 2.52 bits per heavy atom. The van der Waals surface area contributed by atoms with Gasteiger partial charge in [-0.15, -0.1) is 0 Å². The summed E-state index contributed by atoms with van der Waals surface area (Å²) in [5, 5.41) is 8.22. The first-order valence-corrected chi connectivity index (χ1v) is 9.80. The van der Waals surface area contributed by atoms with E-state index in [1.807, 2.05) is 78.5 Å². The number of para-hydroxylation sites is 1. The summed E-state index contributed by atoms with van der Waals surface area (Å²) < 4.78 is 3.58. The summed E-state index contributed by atoms with van der Waals surface area (Å²) in [4.78, 5) is 13.0. The molecule has 1 amide bonds. The second kappa shape index (κ2) is 8.37. The van der Waals surface area contributed by atoms with Crippen LogP contribution in [0.4, 0.5) is 0 Å². The molecule has 29 heavy (non-hydrogen) atoms. The summed E-state index contributed by atoms with van der Waals surface area (Å²) in [6, 6.07) is 23.2. The lowest BCUT2D eigenvalue weighted by Crippen LogP contribution is -2.27. The van der Waals surface area contributed by atoms with Crippen molar-refractivity contribution in [1.82, 2.24) is 19.7 Å². The molecule has 0 saturated carbocycles. The topological polar surface area (TPSA) is 51.9 Å². The summed E-state index contributed by atoms with van der Waals surface area (Å²) in [5.74, 6) is -0.186. The molecule has 2 aromatic carbocycles. The minimum absolute atomic E-state index is 0.186. The van der Waals surface area contributed by atoms with E-state index in [4.69, 9.17) is 11.6 Å². The summed E-state index contributed by atoms with van der Waals surface area (Å²) in [5.41, 5.74) is 3.93. The van der Waals surface area contributed by atoms with Crippen LogP contribution >= 0.6 is 11.6 Å². The Morgan fingerprint density at radius 2 is 1.79 bits per heavy atom. The summed E-state index contributed by atoms with van der Waals surface area (Å²) in [7, 11) is 1.95. The number of hydrogen-bond acceptors (Lipinski definition) is 2. The van der Waals surface area contributed by atoms with Crippen LogP contribution in [-0.2, 0) is 13.5 Å². The molecule has 0 aliphatic carbocycles. The van der Waals surface area contributed by atoms with Crippen LogP contribution in [0, 0.1) is 0 Å². The first-order valence-electron chi connectivity index (χ1n) is 9.42. The Hall–Kier alpha value is -3.31. The van der Waals surface area contributed by atoms with Crippen LogP contribution in [0.3, 0.4) is 0 Å². The van der Waals surface area contributed by atoms with E-state index in [1.54, 1.807) is 16.8 Å². The second-order valence-corrected chi connectivity index (χ2v) is 7.18. The maximum Gasteiger partial charge on any atom is 0.270 e. The van der Waals surface area contributed by atoms with Gasteiger partial charge in [0.05, 0.1) is 16.4 Å². The molecule has 0 fully saturated rings. The Morgan fingerprint density at radius 1 is 1.03 bits per heavy atom. The molecule has 0 bridgehead atoms. The normalized spacial score (nSPS) is 10.8. The number of nitrogens with zero attached hydrogens (tertiary/aromatic N) is 3. The van der Waals surface area contributed by atoms with Crippen molar-refractivity contribution in [2.45, 2.75) is 6.42 Å². The fraction of sp³-hybridized carbons (Fsp3) is 0.130. The molecule has 0 aliphatic heterocycles. The van der Waals surface area contributed by atoms with Gasteiger partial charge in [-0.25, -0.2) is 4.68 Å². The average Bonchev–Trinajstić information content (AvgIpc) is 3.35. The van der Waals surface area contributed by atoms with Crippen molar-refractivity contribution in [3.63, 3.8) is 0 Å². The van der Waals surface area contributed by atoms with E-state index in [2.05, 4.69) is 10.4 Å². The molecule has 0 spiro atoms. The first kappa shape index (κ1) is 19.0. The minimum Gasteiger partial charge on any atom is -0.350 e. The Bertz CT molecular complexity index is 1130. The van der Waals surface area contributed by atoms with Crippen LogP contribution < -0.4 is 5.32 Å². The van der Waals surface area contributed by atoms with Crippen molar-refractivity contribution < 1.29 is 4.79 Å². The highest BCUT2D eigenvalue weighted by atomic mass is 35.5. The molecule has 0 aliphatic rings. The van der Waals surface area contributed by atoms with Gasteiger partial charge >= 0.3 is 0 Å². The molecule has 0 unspecified atom stereocenters. The van der Waals surface area contributed by atoms with Gasteiger partial charge in [-0.3, -0.25) is 4.79 Å². The number of benzene rings is 2. The van der Waals surface area contributed by atoms with Gasteiger partial charge in [0.15, 0.2) is 0 Å². The highest BCUT2D eigenvalue weighted by molar-refractivity contribution is 6.32. The quantitative estimate of drug-likeness (QED) is 0.514. The number of aromatic nitrogens is 3. The molecule has 4 aromatic rings. The number of aryl methyl sites for hydroxylation is 1. The predicted molar refractivity (Wildman–Crippen MR) is 115 cm³/mol. The summed E-state index contributed by atoms with van der Waals surface area (Å²) in [6.45, 7) is 0.538. The van der Waals surface area contributed by atoms with E-state index in [0.29, 0.717) is 28.6 Å². The monoisotopic (exact) mass is 404 g/mol. The lowest BCUT2D eigenvalue weighted by Gasteiger charge is -2.09. The van der Waals surface area contributed by atoms with E-state index < -0.39 is 0 Å². The van der Waals surface area contributed by atoms with Gasteiger partial charge in [0.2, 0.25) is 0 Å². The zero-order chi connectivity index (χ0) is 20.2. The van der Waals surface area contributed by atoms with Crippen LogP contribution in [-0.4, -0.2) is 26.8 Å². The van der Waals surface area contributed by atoms with Crippen LogP contribution in [0.15, 0.2) is 79.0 Å². The summed E-state index contributed by atoms with van der Waals surface area (Å²) >= 11 is 6.39. The van der Waals surface area contributed by atoms with E-state index in [-0.39, 0.29) is 5.91 Å². The zero-order valence-corrected chi connectivity index (χ0v) is 16.8. The fourth-order valence-corrected chi connectivity index (χ4v) is 3.47. The highest BCUT2D eigenvalue weighted by Crippen LogP contribution is 2.25. The standard InChI is InChI=1S/C23H21ClN4O/c1-27-15-7-12-21(27)19-16-22(28(26-19)20-11-6-5-10-18(20)24)23(29)25-14-13-17-8-3-2-4-9-17/h2-12,15-16H,13-14H2,1H3,(H,25,29). The molecule has 1 N–H and O–H groups in total. The summed E-state index contributed by atoms with van der Waals surface area (Å²) in [6.07, 6.45) is 2.71. The number of carbonyl (C=O) groups is 1. The molecule has 0 radical (unpaired) electrons. The predicted octanol–water partition coefficient (Wildman–Crippen LogP) is 4.50. The van der Waals surface area contributed by atoms with Gasteiger partial charge in [0, 0.05) is 19.8 Å². The van der Waals surface area contributed by atoms with Gasteiger partial charge in [-0.2, -0.15) is 5.10 Å². The highest BCUT2D eigenvalue weighted by Gasteiger charge is 2.19. The SMILES string of the molecule is Cn1cccc1-c1cc(C(=O)NCCc2ccccc2)n(-c2ccccc2Cl)n1. The fourth-order valence-electron chi connectivity index (χ4n) is 3.26. The molecule has 146 valence electrons. The molecular weight excluding hydrogens is 384 g/mol. The lowest BCUT2D eigenvalue weighted by atomic mass is 10.1. The van der Waals surface area contributed by atoms with Crippen molar-refractivity contribution in [3.05, 3.63) is 95.3 Å². The van der Waals surface area contributed by atoms with Crippen LogP contribution in [0.25, 0.3) is 17.1 Å². The minimum atomic E-state index is -0.186. The van der Waals surface area contributed by atoms with Crippen molar-refractivity contribution in [3.8, 4) is 17.1 Å². The molecule has 0 saturated heterocycles. The largest absolute Gasteiger partial charge is 0.350 e.